The normalized spacial score (nSPS) is 10.7. The molecule has 194 valence electrons. The summed E-state index contributed by atoms with van der Waals surface area (Å²) < 4.78 is 22.0. The number of nitrogens with one attached hydrogen (secondary N) is 1. The smallest absolute Gasteiger partial charge is 0.343 e. The summed E-state index contributed by atoms with van der Waals surface area (Å²) in [6.45, 7) is 6.56. The number of amides is 1. The van der Waals surface area contributed by atoms with E-state index in [-0.39, 0.29) is 12.4 Å². The van der Waals surface area contributed by atoms with Gasteiger partial charge in [-0.1, -0.05) is 19.4 Å². The molecular weight excluding hydrogens is 472 g/mol. The number of ether oxygens (including phenoxy) is 4. The molecule has 3 rings (SSSR count). The van der Waals surface area contributed by atoms with Crippen LogP contribution >= 0.6 is 0 Å². The van der Waals surface area contributed by atoms with Crippen LogP contribution in [-0.2, 0) is 4.79 Å². The molecule has 0 aromatic heterocycles. The van der Waals surface area contributed by atoms with E-state index in [4.69, 9.17) is 18.9 Å². The molecular formula is C29H32N2O6. The fraction of sp³-hybridized carbons (Fsp3) is 0.276. The second kappa shape index (κ2) is 13.7. The van der Waals surface area contributed by atoms with Gasteiger partial charge >= 0.3 is 5.97 Å². The molecule has 0 aliphatic heterocycles. The van der Waals surface area contributed by atoms with Crippen molar-refractivity contribution >= 4 is 18.1 Å². The van der Waals surface area contributed by atoms with Gasteiger partial charge in [0, 0.05) is 0 Å². The van der Waals surface area contributed by atoms with Crippen molar-refractivity contribution in [1.29, 1.82) is 0 Å². The highest BCUT2D eigenvalue weighted by atomic mass is 16.6. The maximum absolute atomic E-state index is 12.6. The summed E-state index contributed by atoms with van der Waals surface area (Å²) in [7, 11) is 1.47. The van der Waals surface area contributed by atoms with Crippen LogP contribution in [0.15, 0.2) is 65.8 Å². The molecule has 3 aromatic rings. The number of aryl methyl sites for hydroxylation is 2. The van der Waals surface area contributed by atoms with Crippen molar-refractivity contribution in [2.75, 3.05) is 20.3 Å². The summed E-state index contributed by atoms with van der Waals surface area (Å²) in [5.41, 5.74) is 5.69. The molecule has 0 radical (unpaired) electrons. The molecule has 0 aliphatic rings. The first-order valence-electron chi connectivity index (χ1n) is 12.0. The van der Waals surface area contributed by atoms with E-state index in [1.54, 1.807) is 42.5 Å². The van der Waals surface area contributed by atoms with Gasteiger partial charge in [-0.2, -0.15) is 5.10 Å². The van der Waals surface area contributed by atoms with Gasteiger partial charge in [0.2, 0.25) is 0 Å². The van der Waals surface area contributed by atoms with Crippen LogP contribution in [-0.4, -0.2) is 38.4 Å². The lowest BCUT2D eigenvalue weighted by atomic mass is 10.1. The standard InChI is InChI=1S/C29H32N2O6/c1-5-6-15-35-24-12-9-23(10-13-24)29(33)37-26-14-8-22(17-27(26)34-4)18-30-31-28(32)19-36-25-11-7-20(2)21(3)16-25/h7-14,16-18H,5-6,15,19H2,1-4H3,(H,31,32)/b30-18-. The number of benzene rings is 3. The summed E-state index contributed by atoms with van der Waals surface area (Å²) in [5.74, 6) is 1.02. The van der Waals surface area contributed by atoms with E-state index in [2.05, 4.69) is 17.5 Å². The van der Waals surface area contributed by atoms with Crippen molar-refractivity contribution in [2.45, 2.75) is 33.6 Å². The molecule has 0 fully saturated rings. The zero-order valence-electron chi connectivity index (χ0n) is 21.6. The molecule has 1 amide bonds. The van der Waals surface area contributed by atoms with Crippen LogP contribution in [0.25, 0.3) is 0 Å². The minimum atomic E-state index is -0.518. The van der Waals surface area contributed by atoms with Crippen molar-refractivity contribution in [3.8, 4) is 23.0 Å². The van der Waals surface area contributed by atoms with E-state index in [0.717, 1.165) is 24.0 Å². The monoisotopic (exact) mass is 504 g/mol. The van der Waals surface area contributed by atoms with Gasteiger partial charge in [-0.25, -0.2) is 10.2 Å². The predicted molar refractivity (Wildman–Crippen MR) is 142 cm³/mol. The number of nitrogens with zero attached hydrogens (tertiary/aromatic N) is 1. The lowest BCUT2D eigenvalue weighted by Gasteiger charge is -2.10. The van der Waals surface area contributed by atoms with Crippen LogP contribution in [0.3, 0.4) is 0 Å². The van der Waals surface area contributed by atoms with Gasteiger partial charge in [0.05, 0.1) is 25.5 Å². The average Bonchev–Trinajstić information content (AvgIpc) is 2.90. The van der Waals surface area contributed by atoms with Crippen LogP contribution < -0.4 is 24.4 Å². The van der Waals surface area contributed by atoms with Crippen molar-refractivity contribution < 1.29 is 28.5 Å². The Morgan fingerprint density at radius 2 is 1.65 bits per heavy atom. The molecule has 3 aromatic carbocycles. The molecule has 8 nitrogen and oxygen atoms in total. The summed E-state index contributed by atoms with van der Waals surface area (Å²) in [6, 6.07) is 17.4. The SMILES string of the molecule is CCCCOc1ccc(C(=O)Oc2ccc(/C=N\NC(=O)COc3ccc(C)c(C)c3)cc2OC)cc1. The molecule has 0 unspecified atom stereocenters. The second-order valence-electron chi connectivity index (χ2n) is 8.35. The maximum atomic E-state index is 12.6. The van der Waals surface area contributed by atoms with Gasteiger partial charge < -0.3 is 18.9 Å². The molecule has 37 heavy (non-hydrogen) atoms. The highest BCUT2D eigenvalue weighted by Gasteiger charge is 2.13. The number of methoxy groups -OCH3 is 1. The maximum Gasteiger partial charge on any atom is 0.343 e. The number of rotatable bonds is 12. The summed E-state index contributed by atoms with van der Waals surface area (Å²) in [4.78, 5) is 24.6. The molecule has 0 heterocycles. The van der Waals surface area contributed by atoms with E-state index < -0.39 is 11.9 Å². The highest BCUT2D eigenvalue weighted by molar-refractivity contribution is 5.92. The lowest BCUT2D eigenvalue weighted by Crippen LogP contribution is -2.24. The first-order chi connectivity index (χ1) is 17.9. The van der Waals surface area contributed by atoms with Gasteiger partial charge in [-0.05, 0) is 91.6 Å². The minimum Gasteiger partial charge on any atom is -0.494 e. The van der Waals surface area contributed by atoms with Crippen LogP contribution in [0.5, 0.6) is 23.0 Å². The highest BCUT2D eigenvalue weighted by Crippen LogP contribution is 2.28. The van der Waals surface area contributed by atoms with Gasteiger partial charge in [-0.15, -0.1) is 0 Å². The minimum absolute atomic E-state index is 0.163. The Labute approximate surface area is 217 Å². The van der Waals surface area contributed by atoms with Crippen molar-refractivity contribution in [2.24, 2.45) is 5.10 Å². The summed E-state index contributed by atoms with van der Waals surface area (Å²) in [6.07, 6.45) is 3.48. The van der Waals surface area contributed by atoms with Gasteiger partial charge in [0.25, 0.3) is 5.91 Å². The van der Waals surface area contributed by atoms with Crippen LogP contribution in [0, 0.1) is 13.8 Å². The van der Waals surface area contributed by atoms with E-state index >= 15 is 0 Å². The lowest BCUT2D eigenvalue weighted by molar-refractivity contribution is -0.123. The Morgan fingerprint density at radius 1 is 0.892 bits per heavy atom. The number of hydrogen-bond acceptors (Lipinski definition) is 7. The average molecular weight is 505 g/mol. The fourth-order valence-corrected chi connectivity index (χ4v) is 3.19. The number of unbranched alkanes of at least 4 members (excludes halogenated alkanes) is 1. The van der Waals surface area contributed by atoms with Crippen molar-refractivity contribution in [3.63, 3.8) is 0 Å². The summed E-state index contributed by atoms with van der Waals surface area (Å²) in [5, 5.41) is 3.95. The predicted octanol–water partition coefficient (Wildman–Crippen LogP) is 5.24. The Hall–Kier alpha value is -4.33. The van der Waals surface area contributed by atoms with E-state index in [1.165, 1.54) is 13.3 Å². The molecule has 0 saturated carbocycles. The van der Waals surface area contributed by atoms with E-state index in [9.17, 15) is 9.59 Å². The van der Waals surface area contributed by atoms with Crippen LogP contribution in [0.2, 0.25) is 0 Å². The van der Waals surface area contributed by atoms with E-state index in [1.807, 2.05) is 32.0 Å². The van der Waals surface area contributed by atoms with E-state index in [0.29, 0.717) is 35.0 Å². The number of carbonyl (C=O) groups excluding carboxylic acids is 2. The Balaban J connectivity index is 1.53. The zero-order valence-corrected chi connectivity index (χ0v) is 21.6. The van der Waals surface area contributed by atoms with Gasteiger partial charge in [0.1, 0.15) is 11.5 Å². The number of carbonyl (C=O) groups is 2. The van der Waals surface area contributed by atoms with Crippen molar-refractivity contribution in [1.82, 2.24) is 5.43 Å². The molecule has 0 atom stereocenters. The second-order valence-corrected chi connectivity index (χ2v) is 8.35. The molecule has 0 bridgehead atoms. The molecule has 0 spiro atoms. The molecule has 1 N–H and O–H groups in total. The Bertz CT molecular complexity index is 1240. The van der Waals surface area contributed by atoms with Crippen LogP contribution in [0.4, 0.5) is 0 Å². The molecule has 0 saturated heterocycles. The van der Waals surface area contributed by atoms with Gasteiger partial charge in [0.15, 0.2) is 18.1 Å². The third-order valence-corrected chi connectivity index (χ3v) is 5.50. The first-order valence-corrected chi connectivity index (χ1v) is 12.0. The molecule has 0 aliphatic carbocycles. The van der Waals surface area contributed by atoms with Crippen molar-refractivity contribution in [3.05, 3.63) is 82.9 Å². The quantitative estimate of drug-likeness (QED) is 0.119. The fourth-order valence-electron chi connectivity index (χ4n) is 3.19. The topological polar surface area (TPSA) is 95.5 Å². The Morgan fingerprint density at radius 3 is 2.35 bits per heavy atom. The zero-order chi connectivity index (χ0) is 26.6. The largest absolute Gasteiger partial charge is 0.494 e. The third kappa shape index (κ3) is 8.38. The number of hydrogen-bond donors (Lipinski definition) is 1. The molecule has 8 heteroatoms. The summed E-state index contributed by atoms with van der Waals surface area (Å²) >= 11 is 0. The number of hydrazone groups is 1. The Kier molecular flexibility index (Phi) is 10.1. The van der Waals surface area contributed by atoms with Crippen LogP contribution in [0.1, 0.15) is 46.8 Å². The first kappa shape index (κ1) is 27.3. The third-order valence-electron chi connectivity index (χ3n) is 5.50. The number of esters is 1. The van der Waals surface area contributed by atoms with Gasteiger partial charge in [-0.3, -0.25) is 4.79 Å².